The summed E-state index contributed by atoms with van der Waals surface area (Å²) in [7, 11) is 0. The zero-order valence-electron chi connectivity index (χ0n) is 12.3. The zero-order chi connectivity index (χ0) is 14.1. The number of hydrogen-bond acceptors (Lipinski definition) is 5. The van der Waals surface area contributed by atoms with Crippen molar-refractivity contribution in [1.82, 2.24) is 10.3 Å². The van der Waals surface area contributed by atoms with Gasteiger partial charge in [0.25, 0.3) is 0 Å². The van der Waals surface area contributed by atoms with Crippen LogP contribution in [-0.2, 0) is 0 Å². The molecule has 5 heteroatoms. The van der Waals surface area contributed by atoms with Crippen LogP contribution in [0.3, 0.4) is 0 Å². The van der Waals surface area contributed by atoms with Crippen LogP contribution in [-0.4, -0.2) is 40.5 Å². The van der Waals surface area contributed by atoms with Gasteiger partial charge in [0.15, 0.2) is 6.17 Å². The summed E-state index contributed by atoms with van der Waals surface area (Å²) in [6, 6.07) is 0.437. The predicted octanol–water partition coefficient (Wildman–Crippen LogP) is 1.85. The van der Waals surface area contributed by atoms with E-state index in [-0.39, 0.29) is 12.1 Å². The molecule has 0 aromatic rings. The number of fused-ring (bicyclic) bond motifs is 1. The molecule has 0 bridgehead atoms. The fourth-order valence-electron chi connectivity index (χ4n) is 3.38. The number of hydrogen-bond donors (Lipinski definition) is 2. The van der Waals surface area contributed by atoms with Gasteiger partial charge in [-0.05, 0) is 32.8 Å². The quantitative estimate of drug-likeness (QED) is 0.773. The Morgan fingerprint density at radius 3 is 2.80 bits per heavy atom. The number of rotatable bonds is 3. The highest BCUT2D eigenvalue weighted by molar-refractivity contribution is 5.94. The molecule has 3 rings (SSSR count). The van der Waals surface area contributed by atoms with E-state index in [4.69, 9.17) is 0 Å². The second kappa shape index (κ2) is 5.66. The molecule has 2 N–H and O–H groups in total. The standard InChI is InChI=1S/C15H24N4O/c1-10-8-11(2)19-14(17-10)13(9-16-19)15(20)18-12-6-4-3-5-7-12/h8-9,12-15,18,20H,3-7H2,1-2H3. The van der Waals surface area contributed by atoms with Crippen molar-refractivity contribution in [2.45, 2.75) is 64.4 Å². The minimum atomic E-state index is -0.570. The van der Waals surface area contributed by atoms with Crippen LogP contribution in [0.15, 0.2) is 21.9 Å². The van der Waals surface area contributed by atoms with Crippen LogP contribution in [0, 0.1) is 5.92 Å². The van der Waals surface area contributed by atoms with Crippen molar-refractivity contribution in [3.8, 4) is 0 Å². The van der Waals surface area contributed by atoms with E-state index in [0.717, 1.165) is 24.3 Å². The van der Waals surface area contributed by atoms with Gasteiger partial charge in [-0.15, -0.1) is 0 Å². The summed E-state index contributed by atoms with van der Waals surface area (Å²) in [4.78, 5) is 4.63. The van der Waals surface area contributed by atoms with Crippen LogP contribution in [0.4, 0.5) is 0 Å². The Balaban J connectivity index is 1.65. The van der Waals surface area contributed by atoms with E-state index in [9.17, 15) is 5.11 Å². The normalized spacial score (nSPS) is 31.9. The third-order valence-corrected chi connectivity index (χ3v) is 4.45. The van der Waals surface area contributed by atoms with Gasteiger partial charge in [-0.3, -0.25) is 10.3 Å². The van der Waals surface area contributed by atoms with Crippen LogP contribution < -0.4 is 5.32 Å². The highest BCUT2D eigenvalue weighted by Gasteiger charge is 2.38. The Hall–Kier alpha value is -1.20. The topological polar surface area (TPSA) is 60.2 Å². The van der Waals surface area contributed by atoms with Crippen molar-refractivity contribution in [3.05, 3.63) is 11.8 Å². The molecule has 3 aliphatic rings. The average Bonchev–Trinajstić information content (AvgIpc) is 2.84. The molecule has 20 heavy (non-hydrogen) atoms. The minimum absolute atomic E-state index is 0.0736. The van der Waals surface area contributed by atoms with Gasteiger partial charge in [-0.25, -0.2) is 5.01 Å². The maximum absolute atomic E-state index is 10.5. The van der Waals surface area contributed by atoms with Gasteiger partial charge in [0.05, 0.1) is 5.92 Å². The highest BCUT2D eigenvalue weighted by atomic mass is 16.3. The second-order valence-corrected chi connectivity index (χ2v) is 6.10. The number of aliphatic hydroxyl groups is 1. The first-order valence-corrected chi connectivity index (χ1v) is 7.65. The lowest BCUT2D eigenvalue weighted by molar-refractivity contribution is 0.0585. The lowest BCUT2D eigenvalue weighted by Gasteiger charge is -2.33. The Morgan fingerprint density at radius 2 is 2.05 bits per heavy atom. The van der Waals surface area contributed by atoms with Crippen molar-refractivity contribution >= 4 is 11.9 Å². The van der Waals surface area contributed by atoms with Crippen molar-refractivity contribution in [3.63, 3.8) is 0 Å². The first-order valence-electron chi connectivity index (χ1n) is 7.65. The number of nitrogens with one attached hydrogen (secondary N) is 1. The van der Waals surface area contributed by atoms with E-state index in [1.807, 2.05) is 31.1 Å². The Bertz CT molecular complexity index is 451. The predicted molar refractivity (Wildman–Crippen MR) is 80.5 cm³/mol. The fourth-order valence-corrected chi connectivity index (χ4v) is 3.38. The van der Waals surface area contributed by atoms with Gasteiger partial charge in [0.1, 0.15) is 6.23 Å². The first kappa shape index (κ1) is 13.8. The Morgan fingerprint density at radius 1 is 1.30 bits per heavy atom. The number of aliphatic hydroxyl groups excluding tert-OH is 1. The largest absolute Gasteiger partial charge is 0.378 e. The molecular weight excluding hydrogens is 252 g/mol. The fraction of sp³-hybridized carbons (Fsp3) is 0.733. The minimum Gasteiger partial charge on any atom is -0.378 e. The number of hydrazone groups is 1. The SMILES string of the molecule is CC1=CC(C)=NC2C(C(O)NC3CCCCC3)C=NN12. The summed E-state index contributed by atoms with van der Waals surface area (Å²) >= 11 is 0. The van der Waals surface area contributed by atoms with E-state index in [1.54, 1.807) is 0 Å². The van der Waals surface area contributed by atoms with Gasteiger partial charge in [-0.2, -0.15) is 5.10 Å². The molecule has 0 spiro atoms. The van der Waals surface area contributed by atoms with Crippen LogP contribution in [0.5, 0.6) is 0 Å². The second-order valence-electron chi connectivity index (χ2n) is 6.10. The summed E-state index contributed by atoms with van der Waals surface area (Å²) in [5, 5.41) is 20.2. The van der Waals surface area contributed by atoms with E-state index < -0.39 is 6.23 Å². The van der Waals surface area contributed by atoms with Gasteiger partial charge < -0.3 is 5.11 Å². The number of nitrogens with zero attached hydrogens (tertiary/aromatic N) is 3. The van der Waals surface area contributed by atoms with Crippen LogP contribution in [0.25, 0.3) is 0 Å². The first-order chi connectivity index (χ1) is 9.65. The molecular formula is C15H24N4O. The molecule has 0 amide bonds. The molecule has 2 aliphatic heterocycles. The van der Waals surface area contributed by atoms with E-state index in [0.29, 0.717) is 6.04 Å². The maximum Gasteiger partial charge on any atom is 0.153 e. The third kappa shape index (κ3) is 2.65. The summed E-state index contributed by atoms with van der Waals surface area (Å²) in [5.74, 6) is -0.0736. The van der Waals surface area contributed by atoms with Gasteiger partial charge in [0, 0.05) is 23.7 Å². The van der Waals surface area contributed by atoms with E-state index in [1.165, 1.54) is 19.3 Å². The van der Waals surface area contributed by atoms with Crippen molar-refractivity contribution in [2.24, 2.45) is 16.0 Å². The summed E-state index contributed by atoms with van der Waals surface area (Å²) in [6.45, 7) is 4.03. The molecule has 0 saturated heterocycles. The van der Waals surface area contributed by atoms with Crippen LogP contribution in [0.2, 0.25) is 0 Å². The van der Waals surface area contributed by atoms with Gasteiger partial charge >= 0.3 is 0 Å². The van der Waals surface area contributed by atoms with Gasteiger partial charge in [-0.1, -0.05) is 19.3 Å². The molecule has 1 fully saturated rings. The van der Waals surface area contributed by atoms with Gasteiger partial charge in [0.2, 0.25) is 0 Å². The number of aliphatic imine (C=N–C) groups is 1. The molecule has 0 aromatic heterocycles. The van der Waals surface area contributed by atoms with Crippen LogP contribution >= 0.6 is 0 Å². The Labute approximate surface area is 120 Å². The highest BCUT2D eigenvalue weighted by Crippen LogP contribution is 2.29. The lowest BCUT2D eigenvalue weighted by atomic mass is 9.94. The lowest BCUT2D eigenvalue weighted by Crippen LogP contribution is -2.48. The zero-order valence-corrected chi connectivity index (χ0v) is 12.3. The van der Waals surface area contributed by atoms with Crippen molar-refractivity contribution < 1.29 is 5.11 Å². The third-order valence-electron chi connectivity index (χ3n) is 4.45. The molecule has 3 unspecified atom stereocenters. The average molecular weight is 276 g/mol. The summed E-state index contributed by atoms with van der Waals surface area (Å²) in [5.41, 5.74) is 2.09. The van der Waals surface area contributed by atoms with Crippen molar-refractivity contribution in [2.75, 3.05) is 0 Å². The molecule has 1 saturated carbocycles. The molecule has 0 radical (unpaired) electrons. The molecule has 1 aliphatic carbocycles. The van der Waals surface area contributed by atoms with E-state index in [2.05, 4.69) is 15.4 Å². The summed E-state index contributed by atoms with van der Waals surface area (Å²) < 4.78 is 0. The summed E-state index contributed by atoms with van der Waals surface area (Å²) in [6.07, 6.45) is 9.37. The van der Waals surface area contributed by atoms with E-state index >= 15 is 0 Å². The van der Waals surface area contributed by atoms with Crippen LogP contribution in [0.1, 0.15) is 46.0 Å². The molecule has 0 aromatic carbocycles. The smallest absolute Gasteiger partial charge is 0.153 e. The van der Waals surface area contributed by atoms with Crippen molar-refractivity contribution in [1.29, 1.82) is 0 Å². The maximum atomic E-state index is 10.5. The molecule has 5 nitrogen and oxygen atoms in total. The molecule has 110 valence electrons. The Kier molecular flexibility index (Phi) is 3.89. The number of allylic oxidation sites excluding steroid dienone is 2. The molecule has 3 atom stereocenters. The molecule has 2 heterocycles. The monoisotopic (exact) mass is 276 g/mol.